The normalized spacial score (nSPS) is 9.89. The third-order valence-electron chi connectivity index (χ3n) is 2.73. The Bertz CT molecular complexity index is 614. The van der Waals surface area contributed by atoms with Gasteiger partial charge in [0.05, 0.1) is 22.5 Å². The number of carbonyl (C=O) groups excluding carboxylic acids is 1. The first kappa shape index (κ1) is 13.2. The van der Waals surface area contributed by atoms with E-state index in [0.29, 0.717) is 23.4 Å². The lowest BCUT2D eigenvalue weighted by atomic mass is 10.1. The average molecular weight is 271 g/mol. The summed E-state index contributed by atoms with van der Waals surface area (Å²) < 4.78 is 0. The Morgan fingerprint density at radius 2 is 2.37 bits per heavy atom. The van der Waals surface area contributed by atoms with Crippen molar-refractivity contribution in [2.45, 2.75) is 13.3 Å². The molecule has 5 heteroatoms. The monoisotopic (exact) mass is 271 g/mol. The lowest BCUT2D eigenvalue weighted by Crippen LogP contribution is -2.07. The van der Waals surface area contributed by atoms with E-state index in [1.807, 2.05) is 5.38 Å². The molecule has 1 heterocycles. The summed E-state index contributed by atoms with van der Waals surface area (Å²) >= 11 is 1.56. The van der Waals surface area contributed by atoms with E-state index in [9.17, 15) is 4.79 Å². The predicted octanol–water partition coefficient (Wildman–Crippen LogP) is 2.87. The number of Topliss-reactive ketones (excluding diaryl/α,β-unsaturated/α-hetero) is 1. The maximum absolute atomic E-state index is 11.3. The molecule has 0 aliphatic heterocycles. The number of carbonyl (C=O) groups is 1. The van der Waals surface area contributed by atoms with Crippen LogP contribution in [0.4, 0.5) is 5.69 Å². The number of anilines is 1. The number of nitrogens with one attached hydrogen (secondary N) is 1. The number of rotatable bonds is 5. The summed E-state index contributed by atoms with van der Waals surface area (Å²) in [6.45, 7) is 2.19. The highest BCUT2D eigenvalue weighted by Gasteiger charge is 2.06. The first-order valence-corrected chi connectivity index (χ1v) is 6.81. The summed E-state index contributed by atoms with van der Waals surface area (Å²) in [5, 5.41) is 14.2. The second kappa shape index (κ2) is 6.12. The Morgan fingerprint density at radius 3 is 3.00 bits per heavy atom. The van der Waals surface area contributed by atoms with Gasteiger partial charge in [0.2, 0.25) is 0 Å². The minimum Gasteiger partial charge on any atom is -0.384 e. The third kappa shape index (κ3) is 3.39. The number of thiazole rings is 1. The standard InChI is InChI=1S/C14H13N3OS/c1-10(18)11-2-3-12(7-15)14(6-11)16-5-4-13-8-19-9-17-13/h2-3,6,8-9,16H,4-5H2,1H3. The van der Waals surface area contributed by atoms with Crippen LogP contribution in [-0.4, -0.2) is 17.3 Å². The highest BCUT2D eigenvalue weighted by atomic mass is 32.1. The van der Waals surface area contributed by atoms with E-state index in [1.165, 1.54) is 6.92 Å². The molecule has 0 radical (unpaired) electrons. The molecule has 0 spiro atoms. The summed E-state index contributed by atoms with van der Waals surface area (Å²) in [6.07, 6.45) is 0.790. The molecule has 1 aromatic heterocycles. The van der Waals surface area contributed by atoms with Gasteiger partial charge in [-0.05, 0) is 25.1 Å². The van der Waals surface area contributed by atoms with Gasteiger partial charge in [-0.3, -0.25) is 4.79 Å². The van der Waals surface area contributed by atoms with Crippen molar-refractivity contribution in [3.63, 3.8) is 0 Å². The summed E-state index contributed by atoms with van der Waals surface area (Å²) in [6, 6.07) is 7.18. The molecule has 1 N–H and O–H groups in total. The summed E-state index contributed by atoms with van der Waals surface area (Å²) in [5.74, 6) is -0.00737. The fourth-order valence-electron chi connectivity index (χ4n) is 1.69. The van der Waals surface area contributed by atoms with Gasteiger partial charge < -0.3 is 5.32 Å². The number of aromatic nitrogens is 1. The number of hydrogen-bond acceptors (Lipinski definition) is 5. The van der Waals surface area contributed by atoms with Crippen molar-refractivity contribution >= 4 is 22.8 Å². The Hall–Kier alpha value is -2.19. The number of ketones is 1. The summed E-state index contributed by atoms with van der Waals surface area (Å²) in [5.41, 5.74) is 4.68. The van der Waals surface area contributed by atoms with Gasteiger partial charge in [-0.1, -0.05) is 0 Å². The van der Waals surface area contributed by atoms with E-state index in [1.54, 1.807) is 35.0 Å². The van der Waals surface area contributed by atoms with E-state index in [-0.39, 0.29) is 5.78 Å². The molecular formula is C14H13N3OS. The van der Waals surface area contributed by atoms with Crippen molar-refractivity contribution in [1.29, 1.82) is 5.26 Å². The number of nitrogens with zero attached hydrogens (tertiary/aromatic N) is 2. The molecule has 0 aliphatic carbocycles. The number of benzene rings is 1. The molecule has 0 fully saturated rings. The van der Waals surface area contributed by atoms with Gasteiger partial charge in [0.25, 0.3) is 0 Å². The lowest BCUT2D eigenvalue weighted by molar-refractivity contribution is 0.101. The number of hydrogen-bond donors (Lipinski definition) is 1. The molecule has 0 saturated heterocycles. The van der Waals surface area contributed by atoms with Crippen LogP contribution in [0.2, 0.25) is 0 Å². The highest BCUT2D eigenvalue weighted by Crippen LogP contribution is 2.17. The molecule has 0 saturated carbocycles. The predicted molar refractivity (Wildman–Crippen MR) is 75.5 cm³/mol. The van der Waals surface area contributed by atoms with Crippen molar-refractivity contribution in [3.05, 3.63) is 45.9 Å². The van der Waals surface area contributed by atoms with Crippen LogP contribution in [0.1, 0.15) is 28.5 Å². The van der Waals surface area contributed by atoms with Gasteiger partial charge in [-0.25, -0.2) is 4.98 Å². The van der Waals surface area contributed by atoms with Crippen LogP contribution < -0.4 is 5.32 Å². The maximum Gasteiger partial charge on any atom is 0.159 e. The van der Waals surface area contributed by atoms with Crippen LogP contribution in [-0.2, 0) is 6.42 Å². The van der Waals surface area contributed by atoms with E-state index in [4.69, 9.17) is 5.26 Å². The molecule has 0 unspecified atom stereocenters. The molecule has 0 aliphatic rings. The smallest absolute Gasteiger partial charge is 0.159 e. The minimum atomic E-state index is -0.00737. The first-order valence-electron chi connectivity index (χ1n) is 5.86. The van der Waals surface area contributed by atoms with Gasteiger partial charge in [-0.15, -0.1) is 11.3 Å². The summed E-state index contributed by atoms with van der Waals surface area (Å²) in [7, 11) is 0. The van der Waals surface area contributed by atoms with Crippen LogP contribution in [0.25, 0.3) is 0 Å². The van der Waals surface area contributed by atoms with Gasteiger partial charge in [0, 0.05) is 23.9 Å². The van der Waals surface area contributed by atoms with Crippen LogP contribution in [0.3, 0.4) is 0 Å². The van der Waals surface area contributed by atoms with Crippen molar-refractivity contribution in [1.82, 2.24) is 4.98 Å². The highest BCUT2D eigenvalue weighted by molar-refractivity contribution is 7.07. The quantitative estimate of drug-likeness (QED) is 0.849. The van der Waals surface area contributed by atoms with Gasteiger partial charge in [0.15, 0.2) is 5.78 Å². The Balaban J connectivity index is 2.07. The topological polar surface area (TPSA) is 65.8 Å². The Labute approximate surface area is 115 Å². The minimum absolute atomic E-state index is 0.00737. The van der Waals surface area contributed by atoms with Crippen molar-refractivity contribution < 1.29 is 4.79 Å². The third-order valence-corrected chi connectivity index (χ3v) is 3.36. The molecule has 2 aromatic rings. The Kier molecular flexibility index (Phi) is 4.26. The van der Waals surface area contributed by atoms with Crippen molar-refractivity contribution in [2.24, 2.45) is 0 Å². The number of nitriles is 1. The Morgan fingerprint density at radius 1 is 1.53 bits per heavy atom. The SMILES string of the molecule is CC(=O)c1ccc(C#N)c(NCCc2cscn2)c1. The zero-order valence-electron chi connectivity index (χ0n) is 10.5. The largest absolute Gasteiger partial charge is 0.384 e. The van der Waals surface area contributed by atoms with E-state index >= 15 is 0 Å². The summed E-state index contributed by atoms with van der Waals surface area (Å²) in [4.78, 5) is 15.5. The maximum atomic E-state index is 11.3. The molecule has 1 aromatic carbocycles. The van der Waals surface area contributed by atoms with Gasteiger partial charge in [-0.2, -0.15) is 5.26 Å². The fourth-order valence-corrected chi connectivity index (χ4v) is 2.29. The van der Waals surface area contributed by atoms with E-state index < -0.39 is 0 Å². The van der Waals surface area contributed by atoms with Crippen LogP contribution in [0.15, 0.2) is 29.1 Å². The van der Waals surface area contributed by atoms with E-state index in [0.717, 1.165) is 12.1 Å². The molecule has 0 atom stereocenters. The lowest BCUT2D eigenvalue weighted by Gasteiger charge is -2.08. The molecule has 4 nitrogen and oxygen atoms in total. The molecular weight excluding hydrogens is 258 g/mol. The zero-order valence-corrected chi connectivity index (χ0v) is 11.3. The molecule has 2 rings (SSSR count). The van der Waals surface area contributed by atoms with Crippen LogP contribution in [0.5, 0.6) is 0 Å². The van der Waals surface area contributed by atoms with Gasteiger partial charge >= 0.3 is 0 Å². The zero-order chi connectivity index (χ0) is 13.7. The average Bonchev–Trinajstić information content (AvgIpc) is 2.91. The molecule has 0 amide bonds. The van der Waals surface area contributed by atoms with Crippen LogP contribution in [0, 0.1) is 11.3 Å². The van der Waals surface area contributed by atoms with Gasteiger partial charge in [0.1, 0.15) is 6.07 Å². The van der Waals surface area contributed by atoms with Crippen LogP contribution >= 0.6 is 11.3 Å². The molecule has 0 bridgehead atoms. The van der Waals surface area contributed by atoms with Crippen molar-refractivity contribution in [2.75, 3.05) is 11.9 Å². The second-order valence-electron chi connectivity index (χ2n) is 4.08. The van der Waals surface area contributed by atoms with Crippen molar-refractivity contribution in [3.8, 4) is 6.07 Å². The first-order chi connectivity index (χ1) is 9.20. The van der Waals surface area contributed by atoms with E-state index in [2.05, 4.69) is 16.4 Å². The fraction of sp³-hybridized carbons (Fsp3) is 0.214. The second-order valence-corrected chi connectivity index (χ2v) is 4.80. The molecule has 96 valence electrons. The molecule has 19 heavy (non-hydrogen) atoms.